The van der Waals surface area contributed by atoms with Gasteiger partial charge in [0.2, 0.25) is 10.0 Å². The Morgan fingerprint density at radius 3 is 2.26 bits per heavy atom. The zero-order valence-electron chi connectivity index (χ0n) is 20.0. The number of nitrogens with zero attached hydrogens (tertiary/aromatic N) is 1. The molecule has 0 amide bonds. The second-order valence-corrected chi connectivity index (χ2v) is 11.0. The second kappa shape index (κ2) is 13.4. The quantitative estimate of drug-likeness (QED) is 0.280. The van der Waals surface area contributed by atoms with Crippen LogP contribution < -0.4 is 10.6 Å². The summed E-state index contributed by atoms with van der Waals surface area (Å²) in [4.78, 5) is 12.2. The summed E-state index contributed by atoms with van der Waals surface area (Å²) < 4.78 is 27.8. The van der Waals surface area contributed by atoms with Gasteiger partial charge in [-0.25, -0.2) is 8.42 Å². The molecule has 0 saturated carbocycles. The maximum atomic E-state index is 13.3. The van der Waals surface area contributed by atoms with Crippen LogP contribution in [0.2, 0.25) is 0 Å². The molecule has 0 aliphatic rings. The van der Waals surface area contributed by atoms with Gasteiger partial charge >= 0.3 is 5.97 Å². The molecule has 0 bridgehead atoms. The van der Waals surface area contributed by atoms with E-state index in [0.29, 0.717) is 31.0 Å². The molecule has 3 N–H and O–H groups in total. The average Bonchev–Trinajstić information content (AvgIpc) is 2.79. The lowest BCUT2D eigenvalue weighted by Crippen LogP contribution is -2.46. The van der Waals surface area contributed by atoms with Crippen molar-refractivity contribution in [3.05, 3.63) is 65.7 Å². The number of benzene rings is 2. The summed E-state index contributed by atoms with van der Waals surface area (Å²) >= 11 is 5.29. The van der Waals surface area contributed by atoms with Crippen LogP contribution >= 0.6 is 12.2 Å². The molecule has 1 atom stereocenters. The standard InChI is InChI=1S/C25H35N3O4S2/c1-19(2)18-28(34(31,32)22-14-12-20(3)13-15-22)23(24(29)30)11-7-8-16-26-25(33)27-17-21-9-5-4-6-10-21/h4-6,9-10,12-15,19,23H,7-8,11,16-18H2,1-3H3,(H,29,30)(H2,26,27,33)/t23-/m0/s1. The minimum absolute atomic E-state index is 0.0168. The van der Waals surface area contributed by atoms with Crippen LogP contribution in [0, 0.1) is 12.8 Å². The average molecular weight is 506 g/mol. The van der Waals surface area contributed by atoms with Crippen molar-refractivity contribution in [2.75, 3.05) is 13.1 Å². The fourth-order valence-electron chi connectivity index (χ4n) is 3.49. The number of nitrogens with one attached hydrogen (secondary N) is 2. The predicted molar refractivity (Wildman–Crippen MR) is 139 cm³/mol. The van der Waals surface area contributed by atoms with E-state index in [1.54, 1.807) is 12.1 Å². The number of sulfonamides is 1. The molecule has 9 heteroatoms. The maximum Gasteiger partial charge on any atom is 0.322 e. The highest BCUT2D eigenvalue weighted by Crippen LogP contribution is 2.23. The van der Waals surface area contributed by atoms with E-state index in [2.05, 4.69) is 10.6 Å². The van der Waals surface area contributed by atoms with Gasteiger partial charge in [-0.05, 0) is 62.0 Å². The monoisotopic (exact) mass is 505 g/mol. The van der Waals surface area contributed by atoms with Gasteiger partial charge in [0.05, 0.1) is 4.90 Å². The zero-order valence-corrected chi connectivity index (χ0v) is 21.7. The van der Waals surface area contributed by atoms with Gasteiger partial charge in [-0.1, -0.05) is 61.9 Å². The highest BCUT2D eigenvalue weighted by atomic mass is 32.2. The fraction of sp³-hybridized carbons (Fsp3) is 0.440. The highest BCUT2D eigenvalue weighted by Gasteiger charge is 2.35. The van der Waals surface area contributed by atoms with E-state index >= 15 is 0 Å². The summed E-state index contributed by atoms with van der Waals surface area (Å²) in [6, 6.07) is 15.3. The minimum atomic E-state index is -3.94. The third-order valence-electron chi connectivity index (χ3n) is 5.29. The Hall–Kier alpha value is -2.49. The number of thiocarbonyl (C=S) groups is 1. The van der Waals surface area contributed by atoms with Crippen molar-refractivity contribution in [3.63, 3.8) is 0 Å². The van der Waals surface area contributed by atoms with Crippen molar-refractivity contribution >= 4 is 33.3 Å². The molecule has 0 aliphatic carbocycles. The summed E-state index contributed by atoms with van der Waals surface area (Å²) in [5, 5.41) is 16.7. The van der Waals surface area contributed by atoms with Crippen LogP contribution in [0.4, 0.5) is 0 Å². The fourth-order valence-corrected chi connectivity index (χ4v) is 5.44. The molecule has 0 radical (unpaired) electrons. The van der Waals surface area contributed by atoms with Gasteiger partial charge in [-0.15, -0.1) is 0 Å². The van der Waals surface area contributed by atoms with E-state index in [0.717, 1.165) is 15.4 Å². The number of rotatable bonds is 13. The van der Waals surface area contributed by atoms with Crippen LogP contribution in [0.1, 0.15) is 44.2 Å². The number of unbranched alkanes of at least 4 members (excludes halogenated alkanes) is 1. The zero-order chi connectivity index (χ0) is 25.1. The number of aryl methyl sites for hydroxylation is 1. The van der Waals surface area contributed by atoms with Gasteiger partial charge in [-0.3, -0.25) is 4.79 Å². The summed E-state index contributed by atoms with van der Waals surface area (Å²) in [5.74, 6) is -1.15. The molecule has 2 aromatic rings. The maximum absolute atomic E-state index is 13.3. The SMILES string of the molecule is Cc1ccc(S(=O)(=O)N(CC(C)C)[C@@H](CCCCNC(=S)NCc2ccccc2)C(=O)O)cc1. The van der Waals surface area contributed by atoms with Crippen molar-refractivity contribution in [2.45, 2.75) is 57.5 Å². The molecule has 34 heavy (non-hydrogen) atoms. The molecule has 0 heterocycles. The summed E-state index contributed by atoms with van der Waals surface area (Å²) in [5.41, 5.74) is 2.06. The van der Waals surface area contributed by atoms with Crippen LogP contribution in [0.5, 0.6) is 0 Å². The first-order valence-corrected chi connectivity index (χ1v) is 13.3. The molecular formula is C25H35N3O4S2. The van der Waals surface area contributed by atoms with E-state index < -0.39 is 22.0 Å². The molecule has 186 valence electrons. The van der Waals surface area contributed by atoms with E-state index in [9.17, 15) is 18.3 Å². The van der Waals surface area contributed by atoms with Crippen molar-refractivity contribution in [2.24, 2.45) is 5.92 Å². The Kier molecular flexibility index (Phi) is 10.9. The molecule has 0 spiro atoms. The van der Waals surface area contributed by atoms with Gasteiger partial charge in [0.25, 0.3) is 0 Å². The van der Waals surface area contributed by atoms with Gasteiger partial charge in [-0.2, -0.15) is 4.31 Å². The predicted octanol–water partition coefficient (Wildman–Crippen LogP) is 3.93. The number of hydrogen-bond donors (Lipinski definition) is 3. The normalized spacial score (nSPS) is 12.5. The lowest BCUT2D eigenvalue weighted by atomic mass is 10.1. The third kappa shape index (κ3) is 8.70. The minimum Gasteiger partial charge on any atom is -0.480 e. The van der Waals surface area contributed by atoms with E-state index in [1.165, 1.54) is 12.1 Å². The molecule has 0 fully saturated rings. The number of hydrogen-bond acceptors (Lipinski definition) is 4. The first kappa shape index (κ1) is 27.8. The molecule has 7 nitrogen and oxygen atoms in total. The Balaban J connectivity index is 1.93. The topological polar surface area (TPSA) is 98.7 Å². The van der Waals surface area contributed by atoms with Crippen LogP contribution in [0.25, 0.3) is 0 Å². The van der Waals surface area contributed by atoms with Gasteiger partial charge in [0.15, 0.2) is 5.11 Å². The lowest BCUT2D eigenvalue weighted by Gasteiger charge is -2.29. The summed E-state index contributed by atoms with van der Waals surface area (Å²) in [6.07, 6.45) is 1.43. The van der Waals surface area contributed by atoms with Gasteiger partial charge in [0.1, 0.15) is 6.04 Å². The summed E-state index contributed by atoms with van der Waals surface area (Å²) in [6.45, 7) is 6.96. The lowest BCUT2D eigenvalue weighted by molar-refractivity contribution is -0.141. The Morgan fingerprint density at radius 1 is 1.03 bits per heavy atom. The summed E-state index contributed by atoms with van der Waals surface area (Å²) in [7, 11) is -3.94. The van der Waals surface area contributed by atoms with Gasteiger partial charge < -0.3 is 15.7 Å². The number of carboxylic acid groups (broad SMARTS) is 1. The largest absolute Gasteiger partial charge is 0.480 e. The molecular weight excluding hydrogens is 470 g/mol. The van der Waals surface area contributed by atoms with E-state index in [-0.39, 0.29) is 23.8 Å². The van der Waals surface area contributed by atoms with Crippen molar-refractivity contribution in [1.29, 1.82) is 0 Å². The molecule has 0 unspecified atom stereocenters. The van der Waals surface area contributed by atoms with Gasteiger partial charge in [0, 0.05) is 19.6 Å². The molecule has 2 aromatic carbocycles. The van der Waals surface area contributed by atoms with Crippen LogP contribution in [0.15, 0.2) is 59.5 Å². The second-order valence-electron chi connectivity index (χ2n) is 8.73. The number of carbonyl (C=O) groups is 1. The molecule has 0 aromatic heterocycles. The highest BCUT2D eigenvalue weighted by molar-refractivity contribution is 7.89. The smallest absolute Gasteiger partial charge is 0.322 e. The van der Waals surface area contributed by atoms with Crippen molar-refractivity contribution in [1.82, 2.24) is 14.9 Å². The Morgan fingerprint density at radius 2 is 1.68 bits per heavy atom. The Bertz CT molecular complexity index is 1030. The molecule has 0 saturated heterocycles. The van der Waals surface area contributed by atoms with Crippen LogP contribution in [-0.2, 0) is 21.4 Å². The van der Waals surface area contributed by atoms with Crippen LogP contribution in [-0.4, -0.2) is 48.0 Å². The third-order valence-corrected chi connectivity index (χ3v) is 7.47. The number of aliphatic carboxylic acids is 1. The molecule has 2 rings (SSSR count). The molecule has 0 aliphatic heterocycles. The van der Waals surface area contributed by atoms with Crippen molar-refractivity contribution < 1.29 is 18.3 Å². The van der Waals surface area contributed by atoms with Crippen LogP contribution in [0.3, 0.4) is 0 Å². The van der Waals surface area contributed by atoms with E-state index in [1.807, 2.05) is 51.1 Å². The van der Waals surface area contributed by atoms with E-state index in [4.69, 9.17) is 12.2 Å². The van der Waals surface area contributed by atoms with Crippen molar-refractivity contribution in [3.8, 4) is 0 Å². The number of carboxylic acids is 1. The first-order valence-electron chi connectivity index (χ1n) is 11.5. The first-order chi connectivity index (χ1) is 16.1. The Labute approximate surface area is 208 Å².